The number of aliphatic imine (C=N–C) groups is 1. The molecule has 12 heteroatoms. The van der Waals surface area contributed by atoms with Gasteiger partial charge in [-0.25, -0.2) is 4.99 Å². The highest BCUT2D eigenvalue weighted by atomic mass is 32.2. The van der Waals surface area contributed by atoms with Crippen molar-refractivity contribution < 1.29 is 23.9 Å². The number of aromatic nitrogens is 1. The van der Waals surface area contributed by atoms with Crippen LogP contribution in [-0.4, -0.2) is 82.3 Å². The second-order valence-electron chi connectivity index (χ2n) is 12.2. The van der Waals surface area contributed by atoms with E-state index in [0.29, 0.717) is 49.0 Å². The SMILES string of the molecule is O=C(C(=O)N1CCC[C@H]1C(=O)Nc1ccc(C2S/C(=N\c3ccc(N4CCOCC4)cc3)N(Cc3ccccn3)C2=O)cc1)c1ccccc1. The number of ether oxygens (including phenoxy) is 1. The molecule has 7 rings (SSSR count). The van der Waals surface area contributed by atoms with Crippen molar-refractivity contribution in [3.8, 4) is 0 Å². The number of likely N-dealkylation sites (tertiary alicyclic amines) is 1. The molecule has 3 amide bonds. The molecule has 4 heterocycles. The predicted octanol–water partition coefficient (Wildman–Crippen LogP) is 5.24. The number of nitrogens with one attached hydrogen (secondary N) is 1. The molecule has 0 radical (unpaired) electrons. The summed E-state index contributed by atoms with van der Waals surface area (Å²) in [5, 5.41) is 2.94. The van der Waals surface area contributed by atoms with Crippen molar-refractivity contribution in [2.45, 2.75) is 30.7 Å². The summed E-state index contributed by atoms with van der Waals surface area (Å²) in [4.78, 5) is 67.7. The van der Waals surface area contributed by atoms with Crippen molar-refractivity contribution in [1.29, 1.82) is 0 Å². The molecule has 4 aromatic rings. The third-order valence-corrected chi connectivity index (χ3v) is 10.2. The smallest absolute Gasteiger partial charge is 0.295 e. The Morgan fingerprint density at radius 3 is 2.34 bits per heavy atom. The van der Waals surface area contributed by atoms with E-state index in [1.54, 1.807) is 53.6 Å². The highest BCUT2D eigenvalue weighted by Crippen LogP contribution is 2.41. The van der Waals surface area contributed by atoms with E-state index in [1.165, 1.54) is 16.7 Å². The minimum Gasteiger partial charge on any atom is -0.378 e. The van der Waals surface area contributed by atoms with Gasteiger partial charge in [-0.3, -0.25) is 29.1 Å². The van der Waals surface area contributed by atoms with Crippen LogP contribution in [0.5, 0.6) is 0 Å². The third kappa shape index (κ3) is 7.31. The van der Waals surface area contributed by atoms with Crippen LogP contribution in [0.25, 0.3) is 0 Å². The Labute approximate surface area is 294 Å². The Balaban J connectivity index is 1.05. The lowest BCUT2D eigenvalue weighted by molar-refractivity contribution is -0.132. The summed E-state index contributed by atoms with van der Waals surface area (Å²) in [7, 11) is 0. The van der Waals surface area contributed by atoms with Gasteiger partial charge in [-0.1, -0.05) is 60.3 Å². The molecule has 3 saturated heterocycles. The van der Waals surface area contributed by atoms with Gasteiger partial charge in [0.15, 0.2) is 5.17 Å². The van der Waals surface area contributed by atoms with Crippen molar-refractivity contribution in [3.63, 3.8) is 0 Å². The molecule has 0 saturated carbocycles. The fourth-order valence-corrected chi connectivity index (χ4v) is 7.49. The number of benzene rings is 3. The van der Waals surface area contributed by atoms with E-state index < -0.39 is 23.0 Å². The van der Waals surface area contributed by atoms with E-state index in [4.69, 9.17) is 9.73 Å². The van der Waals surface area contributed by atoms with Crippen LogP contribution in [0.3, 0.4) is 0 Å². The first kappa shape index (κ1) is 33.2. The minimum absolute atomic E-state index is 0.107. The van der Waals surface area contributed by atoms with Crippen LogP contribution in [0.15, 0.2) is 108 Å². The molecule has 11 nitrogen and oxygen atoms in total. The molecule has 0 bridgehead atoms. The number of amides is 3. The normalized spacial score (nSPS) is 20.0. The number of thioether (sulfide) groups is 1. The average Bonchev–Trinajstić information content (AvgIpc) is 3.78. The molecule has 1 aromatic heterocycles. The molecule has 3 aliphatic rings. The second-order valence-corrected chi connectivity index (χ2v) is 13.3. The van der Waals surface area contributed by atoms with Gasteiger partial charge >= 0.3 is 0 Å². The largest absolute Gasteiger partial charge is 0.378 e. The van der Waals surface area contributed by atoms with Gasteiger partial charge in [0.2, 0.25) is 17.6 Å². The van der Waals surface area contributed by atoms with Gasteiger partial charge in [-0.05, 0) is 66.9 Å². The number of ketones is 1. The van der Waals surface area contributed by atoms with E-state index in [9.17, 15) is 19.2 Å². The van der Waals surface area contributed by atoms with E-state index in [1.807, 2.05) is 54.6 Å². The number of morpholine rings is 1. The Kier molecular flexibility index (Phi) is 9.99. The molecule has 3 aliphatic heterocycles. The zero-order valence-electron chi connectivity index (χ0n) is 27.3. The first-order valence-corrected chi connectivity index (χ1v) is 17.5. The summed E-state index contributed by atoms with van der Waals surface area (Å²) in [6.07, 6.45) is 2.80. The fourth-order valence-electron chi connectivity index (χ4n) is 6.31. The summed E-state index contributed by atoms with van der Waals surface area (Å²) in [6, 6.07) is 28.4. The van der Waals surface area contributed by atoms with Gasteiger partial charge in [-0.2, -0.15) is 0 Å². The zero-order valence-corrected chi connectivity index (χ0v) is 28.1. The van der Waals surface area contributed by atoms with Gasteiger partial charge in [-0.15, -0.1) is 0 Å². The van der Waals surface area contributed by atoms with Gasteiger partial charge in [0.1, 0.15) is 11.3 Å². The van der Waals surface area contributed by atoms with Crippen LogP contribution >= 0.6 is 11.8 Å². The summed E-state index contributed by atoms with van der Waals surface area (Å²) >= 11 is 1.38. The van der Waals surface area contributed by atoms with Crippen molar-refractivity contribution >= 4 is 57.5 Å². The first-order valence-electron chi connectivity index (χ1n) is 16.7. The average molecular weight is 689 g/mol. The topological polar surface area (TPSA) is 125 Å². The lowest BCUT2D eigenvalue weighted by Crippen LogP contribution is -2.46. The molecule has 254 valence electrons. The Morgan fingerprint density at radius 1 is 0.880 bits per heavy atom. The third-order valence-electron chi connectivity index (χ3n) is 8.97. The molecule has 0 aliphatic carbocycles. The number of rotatable bonds is 9. The van der Waals surface area contributed by atoms with Crippen molar-refractivity contribution in [1.82, 2.24) is 14.8 Å². The molecular formula is C38H36N6O5S. The summed E-state index contributed by atoms with van der Waals surface area (Å²) in [6.45, 7) is 3.72. The quantitative estimate of drug-likeness (QED) is 0.187. The molecule has 1 N–H and O–H groups in total. The maximum absolute atomic E-state index is 13.9. The van der Waals surface area contributed by atoms with Gasteiger partial charge < -0.3 is 19.9 Å². The highest BCUT2D eigenvalue weighted by molar-refractivity contribution is 8.15. The number of amidine groups is 1. The molecule has 1 unspecified atom stereocenters. The van der Waals surface area contributed by atoms with E-state index in [-0.39, 0.29) is 18.4 Å². The summed E-state index contributed by atoms with van der Waals surface area (Å²) in [5.41, 5.74) is 4.19. The van der Waals surface area contributed by atoms with E-state index in [2.05, 4.69) is 15.2 Å². The Morgan fingerprint density at radius 2 is 1.62 bits per heavy atom. The molecule has 50 heavy (non-hydrogen) atoms. The number of carbonyl (C=O) groups is 4. The van der Waals surface area contributed by atoms with Gasteiger partial charge in [0, 0.05) is 42.8 Å². The number of nitrogens with zero attached hydrogens (tertiary/aromatic N) is 5. The predicted molar refractivity (Wildman–Crippen MR) is 192 cm³/mol. The zero-order chi connectivity index (χ0) is 34.5. The number of Topliss-reactive ketones (excluding diaryl/α,β-unsaturated/α-hetero) is 1. The van der Waals surface area contributed by atoms with E-state index in [0.717, 1.165) is 35.7 Å². The summed E-state index contributed by atoms with van der Waals surface area (Å²) in [5.74, 6) is -1.77. The lowest BCUT2D eigenvalue weighted by atomic mass is 10.1. The van der Waals surface area contributed by atoms with Crippen LogP contribution in [0.4, 0.5) is 17.1 Å². The van der Waals surface area contributed by atoms with Crippen LogP contribution in [-0.2, 0) is 25.7 Å². The van der Waals surface area contributed by atoms with Gasteiger partial charge in [0.05, 0.1) is 31.1 Å². The second kappa shape index (κ2) is 15.1. The maximum Gasteiger partial charge on any atom is 0.295 e. The molecule has 3 aromatic carbocycles. The molecule has 0 spiro atoms. The minimum atomic E-state index is -0.747. The van der Waals surface area contributed by atoms with Crippen LogP contribution in [0.2, 0.25) is 0 Å². The van der Waals surface area contributed by atoms with E-state index >= 15 is 0 Å². The number of carbonyl (C=O) groups excluding carboxylic acids is 4. The number of anilines is 2. The standard InChI is InChI=1S/C38H36N6O5S/c45-33(26-7-2-1-3-8-26)36(47)43-20-6-10-32(43)35(46)40-28-13-11-27(12-14-28)34-37(48)44(25-30-9-4-5-19-39-30)38(50-34)41-29-15-17-31(18-16-29)42-21-23-49-24-22-42/h1-5,7-9,11-19,32,34H,6,10,20-25H2,(H,40,46)/b41-38-/t32-,34?/m0/s1. The number of pyridine rings is 1. The first-order chi connectivity index (χ1) is 24.4. The number of hydrogen-bond acceptors (Lipinski definition) is 9. The lowest BCUT2D eigenvalue weighted by Gasteiger charge is -2.28. The van der Waals surface area contributed by atoms with Crippen molar-refractivity contribution in [2.24, 2.45) is 4.99 Å². The summed E-state index contributed by atoms with van der Waals surface area (Å²) < 4.78 is 5.48. The highest BCUT2D eigenvalue weighted by Gasteiger charge is 2.40. The fraction of sp³-hybridized carbons (Fsp3) is 0.263. The maximum atomic E-state index is 13.9. The molecule has 3 fully saturated rings. The Hall–Kier alpha value is -5.33. The monoisotopic (exact) mass is 688 g/mol. The van der Waals surface area contributed by atoms with Crippen LogP contribution in [0, 0.1) is 0 Å². The van der Waals surface area contributed by atoms with Gasteiger partial charge in [0.25, 0.3) is 5.91 Å². The Bertz CT molecular complexity index is 1880. The number of hydrogen-bond donors (Lipinski definition) is 1. The van der Waals surface area contributed by atoms with Crippen molar-refractivity contribution in [2.75, 3.05) is 43.1 Å². The molecular weight excluding hydrogens is 653 g/mol. The van der Waals surface area contributed by atoms with Crippen LogP contribution < -0.4 is 10.2 Å². The van der Waals surface area contributed by atoms with Crippen LogP contribution in [0.1, 0.15) is 39.7 Å². The van der Waals surface area contributed by atoms with Crippen molar-refractivity contribution in [3.05, 3.63) is 120 Å². The molecule has 2 atom stereocenters.